The van der Waals surface area contributed by atoms with Crippen molar-refractivity contribution in [3.8, 4) is 0 Å². The molecule has 1 spiro atoms. The molecule has 0 bridgehead atoms. The Morgan fingerprint density at radius 1 is 1.32 bits per heavy atom. The molecule has 140 valence electrons. The first-order chi connectivity index (χ1) is 12.2. The maximum Gasteiger partial charge on any atom is 0.226 e. The van der Waals surface area contributed by atoms with Crippen LogP contribution < -0.4 is 0 Å². The summed E-state index contributed by atoms with van der Waals surface area (Å²) in [6, 6.07) is 0. The minimum Gasteiger partial charge on any atom is -0.381 e. The summed E-state index contributed by atoms with van der Waals surface area (Å²) < 4.78 is 11.9. The quantitative estimate of drug-likeness (QED) is 0.700. The van der Waals surface area contributed by atoms with Crippen molar-refractivity contribution >= 4 is 17.7 Å². The molecule has 0 saturated carbocycles. The van der Waals surface area contributed by atoms with Gasteiger partial charge in [-0.05, 0) is 50.9 Å². The van der Waals surface area contributed by atoms with E-state index in [1.54, 1.807) is 0 Å². The highest BCUT2D eigenvalue weighted by molar-refractivity contribution is 8.01. The lowest BCUT2D eigenvalue weighted by Crippen LogP contribution is -2.60. The van der Waals surface area contributed by atoms with Gasteiger partial charge in [0.1, 0.15) is 0 Å². The Balaban J connectivity index is 1.18. The second kappa shape index (κ2) is 8.01. The Morgan fingerprint density at radius 3 is 2.92 bits per heavy atom. The molecule has 5 heteroatoms. The zero-order valence-corrected chi connectivity index (χ0v) is 16.0. The first kappa shape index (κ1) is 17.9. The third kappa shape index (κ3) is 4.42. The van der Waals surface area contributed by atoms with Gasteiger partial charge in [-0.15, -0.1) is 11.8 Å². The van der Waals surface area contributed by atoms with Crippen molar-refractivity contribution in [2.75, 3.05) is 38.7 Å². The molecule has 4 rings (SSSR count). The summed E-state index contributed by atoms with van der Waals surface area (Å²) >= 11 is 2.04. The molecule has 0 aromatic heterocycles. The Hall–Kier alpha value is -0.520. The van der Waals surface area contributed by atoms with Gasteiger partial charge in [-0.3, -0.25) is 4.79 Å². The van der Waals surface area contributed by atoms with Crippen molar-refractivity contribution in [1.82, 2.24) is 4.90 Å². The number of carbonyl (C=O) groups is 1. The Labute approximate surface area is 155 Å². The molecule has 3 fully saturated rings. The van der Waals surface area contributed by atoms with Crippen LogP contribution in [0.2, 0.25) is 0 Å². The molecule has 0 aromatic carbocycles. The second-order valence-electron chi connectivity index (χ2n) is 8.24. The number of ether oxygens (including phenoxy) is 2. The third-order valence-corrected chi connectivity index (χ3v) is 7.73. The van der Waals surface area contributed by atoms with E-state index in [-0.39, 0.29) is 4.75 Å². The molecule has 3 saturated heterocycles. The van der Waals surface area contributed by atoms with Crippen molar-refractivity contribution < 1.29 is 14.3 Å². The zero-order chi connectivity index (χ0) is 17.1. The molecule has 0 radical (unpaired) electrons. The maximum absolute atomic E-state index is 12.5. The van der Waals surface area contributed by atoms with Gasteiger partial charge in [0.25, 0.3) is 0 Å². The summed E-state index contributed by atoms with van der Waals surface area (Å²) in [6.45, 7) is 4.54. The summed E-state index contributed by atoms with van der Waals surface area (Å²) in [5.41, 5.74) is 1.37. The predicted octanol–water partition coefficient (Wildman–Crippen LogP) is 3.41. The smallest absolute Gasteiger partial charge is 0.226 e. The molecule has 3 heterocycles. The van der Waals surface area contributed by atoms with Crippen LogP contribution in [-0.4, -0.2) is 60.3 Å². The summed E-state index contributed by atoms with van der Waals surface area (Å²) in [5.74, 6) is 2.11. The van der Waals surface area contributed by atoms with E-state index in [2.05, 4.69) is 11.0 Å². The molecule has 0 unspecified atom stereocenters. The van der Waals surface area contributed by atoms with E-state index in [0.29, 0.717) is 24.3 Å². The minimum absolute atomic E-state index is 0.289. The minimum atomic E-state index is 0.289. The number of hydrogen-bond donors (Lipinski definition) is 0. The molecular formula is C20H31NO3S. The lowest BCUT2D eigenvalue weighted by molar-refractivity contribution is -0.136. The fraction of sp³-hybridized carbons (Fsp3) is 0.850. The van der Waals surface area contributed by atoms with E-state index < -0.39 is 0 Å². The molecule has 4 nitrogen and oxygen atoms in total. The van der Waals surface area contributed by atoms with Crippen LogP contribution in [0, 0.1) is 5.92 Å². The first-order valence-electron chi connectivity index (χ1n) is 10.0. The summed E-state index contributed by atoms with van der Waals surface area (Å²) in [6.07, 6.45) is 11.6. The molecule has 0 aromatic rings. The zero-order valence-electron chi connectivity index (χ0n) is 15.2. The topological polar surface area (TPSA) is 38.8 Å². The van der Waals surface area contributed by atoms with E-state index in [1.165, 1.54) is 18.4 Å². The summed E-state index contributed by atoms with van der Waals surface area (Å²) in [7, 11) is 0. The molecular weight excluding hydrogens is 334 g/mol. The van der Waals surface area contributed by atoms with Gasteiger partial charge in [0, 0.05) is 45.1 Å². The van der Waals surface area contributed by atoms with Crippen LogP contribution in [-0.2, 0) is 14.3 Å². The van der Waals surface area contributed by atoms with Gasteiger partial charge >= 0.3 is 0 Å². The van der Waals surface area contributed by atoms with E-state index in [1.807, 2.05) is 11.8 Å². The number of likely N-dealkylation sites (tertiary alicyclic amines) is 1. The number of nitrogens with zero attached hydrogens (tertiary/aromatic N) is 1. The SMILES string of the molecule is O=C(CC1=CCCCC1)N1CC2(C[C@H](OCC3CCOCC3)CS2)C1. The van der Waals surface area contributed by atoms with E-state index in [0.717, 1.165) is 70.8 Å². The number of rotatable bonds is 5. The summed E-state index contributed by atoms with van der Waals surface area (Å²) in [4.78, 5) is 14.6. The van der Waals surface area contributed by atoms with Crippen molar-refractivity contribution in [3.05, 3.63) is 11.6 Å². The van der Waals surface area contributed by atoms with Crippen molar-refractivity contribution in [2.24, 2.45) is 5.92 Å². The van der Waals surface area contributed by atoms with Crippen molar-refractivity contribution in [1.29, 1.82) is 0 Å². The Bertz CT molecular complexity index is 509. The van der Waals surface area contributed by atoms with Gasteiger partial charge in [-0.1, -0.05) is 11.6 Å². The van der Waals surface area contributed by atoms with E-state index in [9.17, 15) is 4.79 Å². The van der Waals surface area contributed by atoms with Gasteiger partial charge in [0.2, 0.25) is 5.91 Å². The van der Waals surface area contributed by atoms with Gasteiger partial charge in [0.15, 0.2) is 0 Å². The lowest BCUT2D eigenvalue weighted by atomic mass is 9.91. The molecule has 1 amide bonds. The standard InChI is InChI=1S/C20H31NO3S/c22-19(10-16-4-2-1-3-5-16)21-14-20(15-21)11-18(13-25-20)24-12-17-6-8-23-9-7-17/h4,17-18H,1-3,5-15H2/t18-/m0/s1. The van der Waals surface area contributed by atoms with Crippen LogP contribution >= 0.6 is 11.8 Å². The highest BCUT2D eigenvalue weighted by Crippen LogP contribution is 2.46. The number of hydrogen-bond acceptors (Lipinski definition) is 4. The lowest BCUT2D eigenvalue weighted by Gasteiger charge is -2.47. The van der Waals surface area contributed by atoms with Gasteiger partial charge in [0.05, 0.1) is 10.9 Å². The van der Waals surface area contributed by atoms with Crippen LogP contribution in [0.4, 0.5) is 0 Å². The molecule has 0 N–H and O–H groups in total. The van der Waals surface area contributed by atoms with Gasteiger partial charge < -0.3 is 14.4 Å². The van der Waals surface area contributed by atoms with Crippen LogP contribution in [0.15, 0.2) is 11.6 Å². The first-order valence-corrected chi connectivity index (χ1v) is 11.0. The van der Waals surface area contributed by atoms with Crippen LogP contribution in [0.3, 0.4) is 0 Å². The van der Waals surface area contributed by atoms with Crippen LogP contribution in [0.1, 0.15) is 51.4 Å². The predicted molar refractivity (Wildman–Crippen MR) is 101 cm³/mol. The highest BCUT2D eigenvalue weighted by atomic mass is 32.2. The van der Waals surface area contributed by atoms with Crippen LogP contribution in [0.5, 0.6) is 0 Å². The Kier molecular flexibility index (Phi) is 5.73. The average Bonchev–Trinajstić information content (AvgIpc) is 3.05. The summed E-state index contributed by atoms with van der Waals surface area (Å²) in [5, 5.41) is 0. The fourth-order valence-corrected chi connectivity index (χ4v) is 6.06. The highest BCUT2D eigenvalue weighted by Gasteiger charge is 2.50. The van der Waals surface area contributed by atoms with E-state index >= 15 is 0 Å². The molecule has 4 aliphatic rings. The molecule has 3 aliphatic heterocycles. The number of amides is 1. The largest absolute Gasteiger partial charge is 0.381 e. The molecule has 25 heavy (non-hydrogen) atoms. The van der Waals surface area contributed by atoms with Gasteiger partial charge in [-0.2, -0.15) is 0 Å². The number of allylic oxidation sites excluding steroid dienone is 1. The second-order valence-corrected chi connectivity index (χ2v) is 9.73. The molecule has 1 aliphatic carbocycles. The fourth-order valence-electron chi connectivity index (χ4n) is 4.51. The number of carbonyl (C=O) groups excluding carboxylic acids is 1. The van der Waals surface area contributed by atoms with Gasteiger partial charge in [-0.25, -0.2) is 0 Å². The Morgan fingerprint density at radius 2 is 2.16 bits per heavy atom. The van der Waals surface area contributed by atoms with Crippen LogP contribution in [0.25, 0.3) is 0 Å². The number of thioether (sulfide) groups is 1. The van der Waals surface area contributed by atoms with Crippen molar-refractivity contribution in [2.45, 2.75) is 62.2 Å². The van der Waals surface area contributed by atoms with E-state index in [4.69, 9.17) is 9.47 Å². The maximum atomic E-state index is 12.5. The average molecular weight is 366 g/mol. The molecule has 1 atom stereocenters. The van der Waals surface area contributed by atoms with Crippen molar-refractivity contribution in [3.63, 3.8) is 0 Å². The third-order valence-electron chi connectivity index (χ3n) is 6.16. The normalized spacial score (nSPS) is 29.5. The monoisotopic (exact) mass is 365 g/mol.